The predicted octanol–water partition coefficient (Wildman–Crippen LogP) is -2.01. The summed E-state index contributed by atoms with van der Waals surface area (Å²) >= 11 is 3.30. The molecule has 0 unspecified atom stereocenters. The number of halogens is 1. The maximum atomic E-state index is 10.3. The minimum Gasteiger partial charge on any atom is -0.545 e. The summed E-state index contributed by atoms with van der Waals surface area (Å²) in [7, 11) is 0. The first-order valence-corrected chi connectivity index (χ1v) is 4.72. The van der Waals surface area contributed by atoms with Gasteiger partial charge in [0.15, 0.2) is 0 Å². The van der Waals surface area contributed by atoms with E-state index in [1.807, 2.05) is 0 Å². The second-order valence-corrected chi connectivity index (χ2v) is 3.22. The third-order valence-corrected chi connectivity index (χ3v) is 1.97. The van der Waals surface area contributed by atoms with E-state index < -0.39 is 5.97 Å². The number of alkyl halides is 1. The summed E-state index contributed by atoms with van der Waals surface area (Å²) in [5.74, 6) is -1.12. The van der Waals surface area contributed by atoms with Crippen LogP contribution in [-0.4, -0.2) is 11.3 Å². The molecule has 0 aromatic heterocycles. The van der Waals surface area contributed by atoms with Crippen LogP contribution in [0.2, 0.25) is 0 Å². The second kappa shape index (κ2) is 6.60. The molecule has 0 aliphatic carbocycles. The van der Waals surface area contributed by atoms with Crippen LogP contribution < -0.4 is 34.7 Å². The second-order valence-electron chi connectivity index (χ2n) is 2.42. The summed E-state index contributed by atoms with van der Waals surface area (Å²) in [6, 6.07) is 6.72. The third kappa shape index (κ3) is 4.27. The fraction of sp³-hybridized carbons (Fsp3) is 0.222. The van der Waals surface area contributed by atoms with Crippen LogP contribution in [-0.2, 0) is 6.42 Å². The van der Waals surface area contributed by atoms with E-state index in [1.54, 1.807) is 24.3 Å². The SMILES string of the molecule is O=C([O-])c1ccc(CCBr)cc1.[Na+]. The molecule has 1 rings (SSSR count). The van der Waals surface area contributed by atoms with Crippen molar-refractivity contribution >= 4 is 21.9 Å². The van der Waals surface area contributed by atoms with Gasteiger partial charge in [0.2, 0.25) is 0 Å². The quantitative estimate of drug-likeness (QED) is 0.460. The van der Waals surface area contributed by atoms with Crippen LogP contribution in [0, 0.1) is 0 Å². The molecule has 0 heterocycles. The monoisotopic (exact) mass is 250 g/mol. The smallest absolute Gasteiger partial charge is 0.545 e. The van der Waals surface area contributed by atoms with Gasteiger partial charge < -0.3 is 9.90 Å². The molecule has 64 valence electrons. The van der Waals surface area contributed by atoms with Crippen molar-refractivity contribution in [2.75, 3.05) is 5.33 Å². The van der Waals surface area contributed by atoms with Crippen molar-refractivity contribution in [3.63, 3.8) is 0 Å². The molecular formula is C9H8BrNaO2. The number of benzene rings is 1. The van der Waals surface area contributed by atoms with E-state index in [4.69, 9.17) is 0 Å². The Balaban J connectivity index is 0.00000144. The molecule has 0 bridgehead atoms. The molecule has 0 atom stereocenters. The van der Waals surface area contributed by atoms with Gasteiger partial charge in [-0.3, -0.25) is 0 Å². The Morgan fingerprint density at radius 2 is 1.85 bits per heavy atom. The third-order valence-electron chi connectivity index (χ3n) is 1.57. The average molecular weight is 251 g/mol. The van der Waals surface area contributed by atoms with Crippen molar-refractivity contribution in [2.45, 2.75) is 6.42 Å². The van der Waals surface area contributed by atoms with Crippen LogP contribution in [0.15, 0.2) is 24.3 Å². The molecule has 1 aromatic carbocycles. The molecule has 0 saturated heterocycles. The fourth-order valence-electron chi connectivity index (χ4n) is 0.917. The summed E-state index contributed by atoms with van der Waals surface area (Å²) < 4.78 is 0. The van der Waals surface area contributed by atoms with Gasteiger partial charge in [-0.05, 0) is 17.5 Å². The Labute approximate surface area is 108 Å². The van der Waals surface area contributed by atoms with E-state index in [0.29, 0.717) is 0 Å². The Kier molecular flexibility index (Phi) is 6.68. The standard InChI is InChI=1S/C9H9BrO2.Na/c10-6-5-7-1-3-8(4-2-7)9(11)12;/h1-4H,5-6H2,(H,11,12);/q;+1/p-1. The van der Waals surface area contributed by atoms with Gasteiger partial charge in [0.25, 0.3) is 0 Å². The van der Waals surface area contributed by atoms with Crippen molar-refractivity contribution < 1.29 is 39.5 Å². The number of hydrogen-bond acceptors (Lipinski definition) is 2. The van der Waals surface area contributed by atoms with Gasteiger partial charge in [0.1, 0.15) is 0 Å². The zero-order valence-electron chi connectivity index (χ0n) is 7.42. The number of rotatable bonds is 3. The van der Waals surface area contributed by atoms with E-state index in [0.717, 1.165) is 17.3 Å². The molecular weight excluding hydrogens is 243 g/mol. The zero-order valence-corrected chi connectivity index (χ0v) is 11.0. The van der Waals surface area contributed by atoms with Crippen molar-refractivity contribution in [1.82, 2.24) is 0 Å². The van der Waals surface area contributed by atoms with E-state index in [1.165, 1.54) is 0 Å². The average Bonchev–Trinajstić information content (AvgIpc) is 2.06. The van der Waals surface area contributed by atoms with Gasteiger partial charge in [-0.1, -0.05) is 40.2 Å². The number of hydrogen-bond donors (Lipinski definition) is 0. The van der Waals surface area contributed by atoms with Gasteiger partial charge in [-0.25, -0.2) is 0 Å². The number of aryl methyl sites for hydroxylation is 1. The van der Waals surface area contributed by atoms with Crippen LogP contribution in [0.1, 0.15) is 15.9 Å². The molecule has 4 heteroatoms. The van der Waals surface area contributed by atoms with Crippen molar-refractivity contribution in [3.05, 3.63) is 35.4 Å². The topological polar surface area (TPSA) is 40.1 Å². The molecule has 0 radical (unpaired) electrons. The minimum absolute atomic E-state index is 0. The number of carboxylic acid groups (broad SMARTS) is 1. The minimum atomic E-state index is -1.12. The summed E-state index contributed by atoms with van der Waals surface area (Å²) in [4.78, 5) is 10.3. The van der Waals surface area contributed by atoms with Gasteiger partial charge in [0, 0.05) is 5.33 Å². The Hall–Kier alpha value is 0.170. The molecule has 0 amide bonds. The first-order valence-electron chi connectivity index (χ1n) is 3.60. The van der Waals surface area contributed by atoms with E-state index in [-0.39, 0.29) is 35.1 Å². The van der Waals surface area contributed by atoms with Crippen LogP contribution in [0.3, 0.4) is 0 Å². The molecule has 0 aliphatic rings. The summed E-state index contributed by atoms with van der Waals surface area (Å²) in [5.41, 5.74) is 1.35. The first-order chi connectivity index (χ1) is 5.74. The van der Waals surface area contributed by atoms with Gasteiger partial charge in [-0.15, -0.1) is 0 Å². The number of aromatic carboxylic acids is 1. The number of carbonyl (C=O) groups excluding carboxylic acids is 1. The Bertz CT molecular complexity index is 271. The summed E-state index contributed by atoms with van der Waals surface area (Å²) in [6.45, 7) is 0. The maximum Gasteiger partial charge on any atom is 1.00 e. The molecule has 0 saturated carbocycles. The van der Waals surface area contributed by atoms with E-state index >= 15 is 0 Å². The van der Waals surface area contributed by atoms with Gasteiger partial charge in [0.05, 0.1) is 5.97 Å². The van der Waals surface area contributed by atoms with Crippen LogP contribution in [0.4, 0.5) is 0 Å². The predicted molar refractivity (Wildman–Crippen MR) is 48.3 cm³/mol. The van der Waals surface area contributed by atoms with Crippen LogP contribution in [0.5, 0.6) is 0 Å². The molecule has 0 aliphatic heterocycles. The normalized spacial score (nSPS) is 9.00. The summed E-state index contributed by atoms with van der Waals surface area (Å²) in [6.07, 6.45) is 0.910. The van der Waals surface area contributed by atoms with Gasteiger partial charge >= 0.3 is 29.6 Å². The number of carboxylic acids is 1. The molecule has 2 nitrogen and oxygen atoms in total. The number of carbonyl (C=O) groups is 1. The van der Waals surface area contributed by atoms with E-state index in [9.17, 15) is 9.90 Å². The molecule has 1 aromatic rings. The van der Waals surface area contributed by atoms with Crippen molar-refractivity contribution in [3.8, 4) is 0 Å². The first kappa shape index (κ1) is 13.2. The van der Waals surface area contributed by atoms with Crippen LogP contribution in [0.25, 0.3) is 0 Å². The van der Waals surface area contributed by atoms with E-state index in [2.05, 4.69) is 15.9 Å². The van der Waals surface area contributed by atoms with Crippen LogP contribution >= 0.6 is 15.9 Å². The fourth-order valence-corrected chi connectivity index (χ4v) is 1.37. The summed E-state index contributed by atoms with van der Waals surface area (Å²) in [5, 5.41) is 11.2. The van der Waals surface area contributed by atoms with Gasteiger partial charge in [-0.2, -0.15) is 0 Å². The molecule has 0 spiro atoms. The molecule has 0 fully saturated rings. The molecule has 13 heavy (non-hydrogen) atoms. The Morgan fingerprint density at radius 1 is 1.31 bits per heavy atom. The Morgan fingerprint density at radius 3 is 2.23 bits per heavy atom. The molecule has 0 N–H and O–H groups in total. The largest absolute Gasteiger partial charge is 1.00 e. The zero-order chi connectivity index (χ0) is 8.97. The van der Waals surface area contributed by atoms with Crippen molar-refractivity contribution in [2.24, 2.45) is 0 Å². The van der Waals surface area contributed by atoms with Crippen molar-refractivity contribution in [1.29, 1.82) is 0 Å². The maximum absolute atomic E-state index is 10.3.